The highest BCUT2D eigenvalue weighted by Crippen LogP contribution is 2.36. The van der Waals surface area contributed by atoms with Gasteiger partial charge in [0, 0.05) is 6.07 Å². The molecule has 0 aliphatic rings. The largest absolute Gasteiger partial charge is 0.493 e. The summed E-state index contributed by atoms with van der Waals surface area (Å²) in [6, 6.07) is 8.35. The van der Waals surface area contributed by atoms with Gasteiger partial charge in [-0.25, -0.2) is 0 Å². The number of ether oxygens (including phenoxy) is 2. The molecule has 0 radical (unpaired) electrons. The quantitative estimate of drug-likeness (QED) is 0.623. The van der Waals surface area contributed by atoms with E-state index in [1.807, 2.05) is 19.9 Å². The van der Waals surface area contributed by atoms with E-state index < -0.39 is 4.92 Å². The van der Waals surface area contributed by atoms with Crippen molar-refractivity contribution in [1.82, 2.24) is 0 Å². The lowest BCUT2D eigenvalue weighted by atomic mass is 10.1. The van der Waals surface area contributed by atoms with E-state index in [0.29, 0.717) is 16.9 Å². The van der Waals surface area contributed by atoms with Crippen molar-refractivity contribution < 1.29 is 14.4 Å². The number of hydrogen-bond acceptors (Lipinski definition) is 4. The van der Waals surface area contributed by atoms with Crippen molar-refractivity contribution in [2.45, 2.75) is 20.0 Å². The number of rotatable bonds is 4. The van der Waals surface area contributed by atoms with Crippen molar-refractivity contribution in [3.63, 3.8) is 0 Å². The van der Waals surface area contributed by atoms with Crippen molar-refractivity contribution in [3.05, 3.63) is 40.4 Å². The Hall–Kier alpha value is -2.30. The van der Waals surface area contributed by atoms with Gasteiger partial charge in [-0.3, -0.25) is 10.1 Å². The number of hydrogen-bond donors (Lipinski definition) is 0. The van der Waals surface area contributed by atoms with E-state index in [9.17, 15) is 10.1 Å². The number of fused-ring (bicyclic) bond motifs is 1. The van der Waals surface area contributed by atoms with E-state index in [2.05, 4.69) is 0 Å². The van der Waals surface area contributed by atoms with Crippen LogP contribution in [0.3, 0.4) is 0 Å². The molecule has 0 saturated heterocycles. The molecule has 100 valence electrons. The molecule has 19 heavy (non-hydrogen) atoms. The molecule has 0 spiro atoms. The molecule has 0 N–H and O–H groups in total. The molecule has 0 heterocycles. The summed E-state index contributed by atoms with van der Waals surface area (Å²) >= 11 is 0. The van der Waals surface area contributed by atoms with Gasteiger partial charge in [-0.05, 0) is 31.4 Å². The monoisotopic (exact) mass is 261 g/mol. The first-order valence-corrected chi connectivity index (χ1v) is 5.94. The first kappa shape index (κ1) is 13.1. The molecular weight excluding hydrogens is 246 g/mol. The zero-order valence-electron chi connectivity index (χ0n) is 11.0. The van der Waals surface area contributed by atoms with Gasteiger partial charge in [0.2, 0.25) is 0 Å². The number of nitro groups is 1. The van der Waals surface area contributed by atoms with Crippen LogP contribution in [-0.2, 0) is 0 Å². The van der Waals surface area contributed by atoms with Crippen LogP contribution in [0.5, 0.6) is 11.5 Å². The Balaban J connectivity index is 2.68. The smallest absolute Gasteiger partial charge is 0.277 e. The van der Waals surface area contributed by atoms with Crippen LogP contribution in [0.4, 0.5) is 5.69 Å². The number of non-ortho nitro benzene ring substituents is 1. The van der Waals surface area contributed by atoms with E-state index in [1.54, 1.807) is 25.3 Å². The zero-order chi connectivity index (χ0) is 14.0. The molecule has 0 bridgehead atoms. The average Bonchev–Trinajstić information content (AvgIpc) is 2.36. The lowest BCUT2D eigenvalue weighted by Crippen LogP contribution is -2.06. The summed E-state index contributed by atoms with van der Waals surface area (Å²) in [5.41, 5.74) is 0.0637. The van der Waals surface area contributed by atoms with Crippen LogP contribution in [0.1, 0.15) is 13.8 Å². The van der Waals surface area contributed by atoms with Crippen LogP contribution in [-0.4, -0.2) is 18.1 Å². The summed E-state index contributed by atoms with van der Waals surface area (Å²) in [6.07, 6.45) is -0.0332. The van der Waals surface area contributed by atoms with Crippen molar-refractivity contribution in [2.24, 2.45) is 0 Å². The minimum absolute atomic E-state index is 0.0332. The van der Waals surface area contributed by atoms with Gasteiger partial charge < -0.3 is 9.47 Å². The molecule has 0 fully saturated rings. The third-order valence-electron chi connectivity index (χ3n) is 2.70. The second-order valence-corrected chi connectivity index (χ2v) is 4.43. The molecule has 2 aromatic carbocycles. The number of benzene rings is 2. The van der Waals surface area contributed by atoms with E-state index in [1.165, 1.54) is 6.07 Å². The molecule has 5 heteroatoms. The second-order valence-electron chi connectivity index (χ2n) is 4.43. The van der Waals surface area contributed by atoms with Crippen molar-refractivity contribution in [1.29, 1.82) is 0 Å². The topological polar surface area (TPSA) is 61.6 Å². The second kappa shape index (κ2) is 5.14. The predicted octanol–water partition coefficient (Wildman–Crippen LogP) is 3.54. The third-order valence-corrected chi connectivity index (χ3v) is 2.70. The minimum atomic E-state index is -0.395. The van der Waals surface area contributed by atoms with Crippen LogP contribution in [0.15, 0.2) is 30.3 Å². The van der Waals surface area contributed by atoms with Crippen LogP contribution >= 0.6 is 0 Å². The highest BCUT2D eigenvalue weighted by atomic mass is 16.6. The first-order chi connectivity index (χ1) is 9.02. The number of nitrogens with zero attached hydrogens (tertiary/aromatic N) is 1. The molecule has 0 saturated carbocycles. The fourth-order valence-electron chi connectivity index (χ4n) is 1.93. The van der Waals surface area contributed by atoms with Crippen LogP contribution < -0.4 is 9.47 Å². The summed E-state index contributed by atoms with van der Waals surface area (Å²) < 4.78 is 10.9. The molecule has 5 nitrogen and oxygen atoms in total. The molecule has 0 aliphatic carbocycles. The molecule has 2 rings (SSSR count). The molecule has 0 atom stereocenters. The lowest BCUT2D eigenvalue weighted by Gasteiger charge is -2.14. The summed E-state index contributed by atoms with van der Waals surface area (Å²) in [6.45, 7) is 3.78. The molecular formula is C14H15NO4. The number of methoxy groups -OCH3 is 1. The summed E-state index contributed by atoms with van der Waals surface area (Å²) in [5, 5.41) is 12.3. The summed E-state index contributed by atoms with van der Waals surface area (Å²) in [5.74, 6) is 1.08. The fourth-order valence-corrected chi connectivity index (χ4v) is 1.93. The van der Waals surface area contributed by atoms with Gasteiger partial charge in [0.25, 0.3) is 5.69 Å². The van der Waals surface area contributed by atoms with E-state index in [4.69, 9.17) is 9.47 Å². The van der Waals surface area contributed by atoms with Crippen LogP contribution in [0, 0.1) is 10.1 Å². The van der Waals surface area contributed by atoms with Gasteiger partial charge in [0.05, 0.1) is 23.5 Å². The maximum Gasteiger partial charge on any atom is 0.277 e. The lowest BCUT2D eigenvalue weighted by molar-refractivity contribution is -0.383. The Bertz CT molecular complexity index is 622. The molecule has 2 aromatic rings. The highest BCUT2D eigenvalue weighted by molar-refractivity contribution is 5.93. The summed E-state index contributed by atoms with van der Waals surface area (Å²) in [4.78, 5) is 10.6. The van der Waals surface area contributed by atoms with E-state index >= 15 is 0 Å². The van der Waals surface area contributed by atoms with Crippen LogP contribution in [0.25, 0.3) is 10.8 Å². The van der Waals surface area contributed by atoms with E-state index in [-0.39, 0.29) is 11.8 Å². The van der Waals surface area contributed by atoms with Gasteiger partial charge in [0.1, 0.15) is 0 Å². The van der Waals surface area contributed by atoms with Gasteiger partial charge in [0.15, 0.2) is 11.5 Å². The van der Waals surface area contributed by atoms with Gasteiger partial charge >= 0.3 is 0 Å². The Morgan fingerprint density at radius 2 is 1.95 bits per heavy atom. The standard InChI is InChI=1S/C14H15NO4/c1-9(2)19-14-8-11-10(7-13(14)18-3)5-4-6-12(11)15(16)17/h4-9H,1-3H3. The van der Waals surface area contributed by atoms with Crippen LogP contribution in [0.2, 0.25) is 0 Å². The van der Waals surface area contributed by atoms with Gasteiger partial charge in [-0.2, -0.15) is 0 Å². The fraction of sp³-hybridized carbons (Fsp3) is 0.286. The van der Waals surface area contributed by atoms with E-state index in [0.717, 1.165) is 5.39 Å². The molecule has 0 aromatic heterocycles. The summed E-state index contributed by atoms with van der Waals surface area (Å²) in [7, 11) is 1.55. The molecule has 0 amide bonds. The highest BCUT2D eigenvalue weighted by Gasteiger charge is 2.15. The zero-order valence-corrected chi connectivity index (χ0v) is 11.0. The van der Waals surface area contributed by atoms with Crippen molar-refractivity contribution in [3.8, 4) is 11.5 Å². The predicted molar refractivity (Wildman–Crippen MR) is 72.9 cm³/mol. The third kappa shape index (κ3) is 2.59. The Morgan fingerprint density at radius 1 is 1.21 bits per heavy atom. The Kier molecular flexibility index (Phi) is 3.55. The average molecular weight is 261 g/mol. The van der Waals surface area contributed by atoms with Gasteiger partial charge in [-0.15, -0.1) is 0 Å². The normalized spacial score (nSPS) is 10.7. The van der Waals surface area contributed by atoms with Crippen molar-refractivity contribution in [2.75, 3.05) is 7.11 Å². The van der Waals surface area contributed by atoms with Gasteiger partial charge in [-0.1, -0.05) is 12.1 Å². The molecule has 0 aliphatic heterocycles. The maximum absolute atomic E-state index is 11.0. The first-order valence-electron chi connectivity index (χ1n) is 5.94. The van der Waals surface area contributed by atoms with Crippen molar-refractivity contribution >= 4 is 16.5 Å². The minimum Gasteiger partial charge on any atom is -0.493 e. The Morgan fingerprint density at radius 3 is 2.53 bits per heavy atom. The maximum atomic E-state index is 11.0. The Labute approximate surface area is 110 Å². The number of nitro benzene ring substituents is 1. The molecule has 0 unspecified atom stereocenters. The SMILES string of the molecule is COc1cc2cccc([N+](=O)[O-])c2cc1OC(C)C.